The highest BCUT2D eigenvalue weighted by Gasteiger charge is 2.15. The van der Waals surface area contributed by atoms with Crippen molar-refractivity contribution in [2.75, 3.05) is 6.54 Å². The number of nitrogens with zero attached hydrogens (tertiary/aromatic N) is 2. The molecule has 1 aromatic carbocycles. The first kappa shape index (κ1) is 17.2. The summed E-state index contributed by atoms with van der Waals surface area (Å²) in [5.41, 5.74) is 1.04. The lowest BCUT2D eigenvalue weighted by Gasteiger charge is -2.09. The van der Waals surface area contributed by atoms with Crippen LogP contribution in [-0.2, 0) is 16.6 Å². The predicted molar refractivity (Wildman–Crippen MR) is 96.8 cm³/mol. The number of imidazole rings is 1. The molecule has 126 valence electrons. The van der Waals surface area contributed by atoms with Crippen molar-refractivity contribution in [3.05, 3.63) is 59.2 Å². The van der Waals surface area contributed by atoms with Crippen molar-refractivity contribution in [3.63, 3.8) is 0 Å². The van der Waals surface area contributed by atoms with E-state index in [9.17, 15) is 8.42 Å². The maximum absolute atomic E-state index is 12.1. The summed E-state index contributed by atoms with van der Waals surface area (Å²) in [7, 11) is -3.48. The second kappa shape index (κ2) is 7.48. The lowest BCUT2D eigenvalue weighted by atomic mass is 10.2. The molecule has 24 heavy (non-hydrogen) atoms. The number of thiophene rings is 1. The van der Waals surface area contributed by atoms with E-state index in [0.29, 0.717) is 23.8 Å². The first-order chi connectivity index (χ1) is 11.6. The van der Waals surface area contributed by atoms with Crippen LogP contribution in [-0.4, -0.2) is 24.5 Å². The Morgan fingerprint density at radius 2 is 1.96 bits per heavy atom. The average molecular weight is 382 g/mol. The quantitative estimate of drug-likeness (QED) is 0.635. The van der Waals surface area contributed by atoms with Crippen molar-refractivity contribution < 1.29 is 8.42 Å². The normalized spacial score (nSPS) is 11.7. The molecule has 1 N–H and O–H groups in total. The van der Waals surface area contributed by atoms with Crippen molar-refractivity contribution in [2.24, 2.45) is 0 Å². The summed E-state index contributed by atoms with van der Waals surface area (Å²) >= 11 is 6.84. The van der Waals surface area contributed by atoms with Crippen molar-refractivity contribution in [1.82, 2.24) is 14.3 Å². The van der Waals surface area contributed by atoms with Crippen LogP contribution >= 0.6 is 22.9 Å². The zero-order valence-corrected chi connectivity index (χ0v) is 15.1. The topological polar surface area (TPSA) is 64.0 Å². The van der Waals surface area contributed by atoms with E-state index in [4.69, 9.17) is 11.6 Å². The standard InChI is InChI=1S/C16H16ClN3O2S2/c17-14-7-8-15(23-14)24(21,22)19-9-4-11-20-12-10-18-16(20)13-5-2-1-3-6-13/h1-3,5-8,10,12,19H,4,9,11H2. The highest BCUT2D eigenvalue weighted by Crippen LogP contribution is 2.25. The number of hydrogen-bond donors (Lipinski definition) is 1. The monoisotopic (exact) mass is 381 g/mol. The number of sulfonamides is 1. The third kappa shape index (κ3) is 4.05. The van der Waals surface area contributed by atoms with E-state index in [1.54, 1.807) is 12.3 Å². The van der Waals surface area contributed by atoms with Gasteiger partial charge in [0.25, 0.3) is 0 Å². The molecule has 3 aromatic rings. The van der Waals surface area contributed by atoms with Crippen molar-refractivity contribution in [1.29, 1.82) is 0 Å². The number of hydrogen-bond acceptors (Lipinski definition) is 4. The first-order valence-electron chi connectivity index (χ1n) is 7.38. The van der Waals surface area contributed by atoms with E-state index >= 15 is 0 Å². The fourth-order valence-electron chi connectivity index (χ4n) is 2.31. The summed E-state index contributed by atoms with van der Waals surface area (Å²) in [6.45, 7) is 1.03. The van der Waals surface area contributed by atoms with E-state index in [1.165, 1.54) is 6.07 Å². The van der Waals surface area contributed by atoms with Crippen LogP contribution in [0.25, 0.3) is 11.4 Å². The molecular formula is C16H16ClN3O2S2. The molecule has 0 radical (unpaired) electrons. The molecule has 0 atom stereocenters. The summed E-state index contributed by atoms with van der Waals surface area (Å²) in [4.78, 5) is 4.38. The van der Waals surface area contributed by atoms with Gasteiger partial charge >= 0.3 is 0 Å². The summed E-state index contributed by atoms with van der Waals surface area (Å²) in [6.07, 6.45) is 4.31. The van der Waals surface area contributed by atoms with E-state index in [1.807, 2.05) is 41.1 Å². The van der Waals surface area contributed by atoms with Gasteiger partial charge in [-0.05, 0) is 18.6 Å². The molecule has 8 heteroatoms. The van der Waals surface area contributed by atoms with Crippen molar-refractivity contribution in [3.8, 4) is 11.4 Å². The molecule has 0 saturated carbocycles. The Kier molecular flexibility index (Phi) is 5.35. The van der Waals surface area contributed by atoms with Crippen LogP contribution in [0.15, 0.2) is 59.1 Å². The lowest BCUT2D eigenvalue weighted by molar-refractivity contribution is 0.572. The minimum Gasteiger partial charge on any atom is -0.331 e. The molecule has 0 saturated heterocycles. The van der Waals surface area contributed by atoms with Crippen LogP contribution in [0, 0.1) is 0 Å². The number of rotatable bonds is 7. The molecule has 0 bridgehead atoms. The maximum atomic E-state index is 12.1. The molecule has 0 aliphatic rings. The van der Waals surface area contributed by atoms with E-state index in [-0.39, 0.29) is 4.21 Å². The average Bonchev–Trinajstić information content (AvgIpc) is 3.22. The molecule has 0 spiro atoms. The fourth-order valence-corrected chi connectivity index (χ4v) is 4.91. The number of halogens is 1. The Labute approximate surface area is 150 Å². The maximum Gasteiger partial charge on any atom is 0.250 e. The second-order valence-corrected chi connectivity index (χ2v) is 8.83. The Balaban J connectivity index is 1.57. The smallest absolute Gasteiger partial charge is 0.250 e. The summed E-state index contributed by atoms with van der Waals surface area (Å²) < 4.78 is 29.5. The molecule has 2 aromatic heterocycles. The zero-order chi connectivity index (χ0) is 17.0. The summed E-state index contributed by atoms with van der Waals surface area (Å²) in [6, 6.07) is 13.0. The van der Waals surface area contributed by atoms with Gasteiger partial charge in [0.05, 0.1) is 4.34 Å². The number of nitrogens with one attached hydrogen (secondary N) is 1. The van der Waals surface area contributed by atoms with Gasteiger partial charge in [0.15, 0.2) is 0 Å². The molecule has 0 unspecified atom stereocenters. The summed E-state index contributed by atoms with van der Waals surface area (Å²) in [5.74, 6) is 0.878. The fraction of sp³-hybridized carbons (Fsp3) is 0.188. The van der Waals surface area contributed by atoms with Gasteiger partial charge in [0, 0.05) is 31.0 Å². The molecular weight excluding hydrogens is 366 g/mol. The van der Waals surface area contributed by atoms with Gasteiger partial charge in [-0.25, -0.2) is 18.1 Å². The molecule has 3 rings (SSSR count). The van der Waals surface area contributed by atoms with Crippen molar-refractivity contribution >= 4 is 33.0 Å². The highest BCUT2D eigenvalue weighted by molar-refractivity contribution is 7.91. The van der Waals surface area contributed by atoms with E-state index in [2.05, 4.69) is 9.71 Å². The Bertz CT molecular complexity index is 904. The lowest BCUT2D eigenvalue weighted by Crippen LogP contribution is -2.24. The largest absolute Gasteiger partial charge is 0.331 e. The highest BCUT2D eigenvalue weighted by atomic mass is 35.5. The van der Waals surface area contributed by atoms with Gasteiger partial charge < -0.3 is 4.57 Å². The van der Waals surface area contributed by atoms with E-state index in [0.717, 1.165) is 22.7 Å². The van der Waals surface area contributed by atoms with Crippen molar-refractivity contribution in [2.45, 2.75) is 17.2 Å². The van der Waals surface area contributed by atoms with Crippen LogP contribution in [0.3, 0.4) is 0 Å². The van der Waals surface area contributed by atoms with Gasteiger partial charge in [0.1, 0.15) is 10.0 Å². The second-order valence-electron chi connectivity index (χ2n) is 5.12. The van der Waals surface area contributed by atoms with Gasteiger partial charge in [-0.15, -0.1) is 11.3 Å². The Morgan fingerprint density at radius 3 is 2.67 bits per heavy atom. The summed E-state index contributed by atoms with van der Waals surface area (Å²) in [5, 5.41) is 0. The SMILES string of the molecule is O=S(=O)(NCCCn1ccnc1-c1ccccc1)c1ccc(Cl)s1. The number of aromatic nitrogens is 2. The van der Waals surface area contributed by atoms with Gasteiger partial charge in [-0.3, -0.25) is 0 Å². The minimum absolute atomic E-state index is 0.236. The molecule has 0 amide bonds. The van der Waals surface area contributed by atoms with Crippen LogP contribution in [0.4, 0.5) is 0 Å². The minimum atomic E-state index is -3.48. The molecule has 2 heterocycles. The van der Waals surface area contributed by atoms with Gasteiger partial charge in [-0.1, -0.05) is 41.9 Å². The van der Waals surface area contributed by atoms with Gasteiger partial charge in [0.2, 0.25) is 10.0 Å². The molecule has 0 aliphatic heterocycles. The third-order valence-electron chi connectivity index (χ3n) is 3.43. The van der Waals surface area contributed by atoms with Gasteiger partial charge in [-0.2, -0.15) is 0 Å². The Morgan fingerprint density at radius 1 is 1.17 bits per heavy atom. The molecule has 5 nitrogen and oxygen atoms in total. The van der Waals surface area contributed by atoms with Crippen LogP contribution in [0.2, 0.25) is 4.34 Å². The Hall–Kier alpha value is -1.67. The molecule has 0 fully saturated rings. The zero-order valence-electron chi connectivity index (χ0n) is 12.7. The molecule has 0 aliphatic carbocycles. The van der Waals surface area contributed by atoms with Crippen LogP contribution < -0.4 is 4.72 Å². The van der Waals surface area contributed by atoms with Crippen LogP contribution in [0.5, 0.6) is 0 Å². The van der Waals surface area contributed by atoms with Crippen LogP contribution in [0.1, 0.15) is 6.42 Å². The van der Waals surface area contributed by atoms with E-state index < -0.39 is 10.0 Å². The number of aryl methyl sites for hydroxylation is 1. The predicted octanol–water partition coefficient (Wildman–Crippen LogP) is 3.63. The first-order valence-corrected chi connectivity index (χ1v) is 10.1. The third-order valence-corrected chi connectivity index (χ3v) is 6.61. The number of benzene rings is 1.